The van der Waals surface area contributed by atoms with Gasteiger partial charge in [-0.3, -0.25) is 9.48 Å². The zero-order valence-corrected chi connectivity index (χ0v) is 23.6. The molecule has 2 aromatic carbocycles. The lowest BCUT2D eigenvalue weighted by Crippen LogP contribution is -2.23. The quantitative estimate of drug-likeness (QED) is 0.256. The van der Waals surface area contributed by atoms with Crippen molar-refractivity contribution in [2.75, 3.05) is 5.32 Å². The summed E-state index contributed by atoms with van der Waals surface area (Å²) in [7, 11) is 1.84. The van der Waals surface area contributed by atoms with Crippen LogP contribution in [-0.2, 0) is 19.8 Å². The number of carbonyl (C=O) groups is 1. The van der Waals surface area contributed by atoms with Crippen LogP contribution < -0.4 is 10.6 Å². The topological polar surface area (TPSA) is 89.7 Å². The fraction of sp³-hybridized carbons (Fsp3) is 0.308. The van der Waals surface area contributed by atoms with Crippen molar-refractivity contribution in [1.29, 1.82) is 0 Å². The molecule has 8 nitrogen and oxygen atoms in total. The van der Waals surface area contributed by atoms with Gasteiger partial charge in [-0.05, 0) is 71.8 Å². The SMILES string of the molecule is Cc1ccc(C(=O)Nc2cc(CNC(C)C)c(I)c(C(F)(F)F)c2)cc1-n1cc(-c2cnn(C)c2C)nn1. The van der Waals surface area contributed by atoms with Crippen molar-refractivity contribution < 1.29 is 18.0 Å². The van der Waals surface area contributed by atoms with Gasteiger partial charge in [0.25, 0.3) is 5.91 Å². The molecule has 0 saturated heterocycles. The third-order valence-electron chi connectivity index (χ3n) is 6.13. The minimum atomic E-state index is -4.56. The summed E-state index contributed by atoms with van der Waals surface area (Å²) in [5, 5.41) is 18.5. The summed E-state index contributed by atoms with van der Waals surface area (Å²) in [6.45, 7) is 7.86. The minimum absolute atomic E-state index is 0.0699. The standard InChI is InChI=1S/C26H27F3IN7O/c1-14(2)31-11-18-8-19(10-21(24(18)30)26(27,28)29)33-25(38)17-7-6-15(3)23(9-17)37-13-22(34-35-37)20-12-32-36(5)16(20)4/h6-10,12-14,31H,11H2,1-5H3,(H,33,38). The molecule has 0 spiro atoms. The number of nitrogens with one attached hydrogen (secondary N) is 2. The number of carbonyl (C=O) groups excluding carboxylic acids is 1. The molecule has 0 unspecified atom stereocenters. The van der Waals surface area contributed by atoms with Crippen molar-refractivity contribution in [2.45, 2.75) is 46.5 Å². The maximum atomic E-state index is 13.7. The molecule has 200 valence electrons. The molecule has 2 N–H and O–H groups in total. The van der Waals surface area contributed by atoms with Gasteiger partial charge in [0.2, 0.25) is 0 Å². The van der Waals surface area contributed by atoms with Crippen LogP contribution in [0.3, 0.4) is 0 Å². The first-order chi connectivity index (χ1) is 17.8. The van der Waals surface area contributed by atoms with Crippen LogP contribution in [0.4, 0.5) is 18.9 Å². The van der Waals surface area contributed by atoms with E-state index in [1.54, 1.807) is 68.6 Å². The lowest BCUT2D eigenvalue weighted by molar-refractivity contribution is -0.138. The Labute approximate surface area is 231 Å². The predicted molar refractivity (Wildman–Crippen MR) is 147 cm³/mol. The van der Waals surface area contributed by atoms with E-state index >= 15 is 0 Å². The lowest BCUT2D eigenvalue weighted by atomic mass is 10.1. The Morgan fingerprint density at radius 3 is 2.53 bits per heavy atom. The van der Waals surface area contributed by atoms with Crippen molar-refractivity contribution in [3.8, 4) is 16.9 Å². The van der Waals surface area contributed by atoms with Gasteiger partial charge in [-0.2, -0.15) is 18.3 Å². The Kier molecular flexibility index (Phi) is 7.93. The second-order valence-corrected chi connectivity index (χ2v) is 10.4. The molecule has 0 aliphatic rings. The van der Waals surface area contributed by atoms with Crippen molar-refractivity contribution in [2.24, 2.45) is 7.05 Å². The van der Waals surface area contributed by atoms with E-state index in [1.807, 2.05) is 34.7 Å². The Hall–Kier alpha value is -3.26. The van der Waals surface area contributed by atoms with Gasteiger partial charge in [-0.15, -0.1) is 5.10 Å². The molecule has 2 heterocycles. The summed E-state index contributed by atoms with van der Waals surface area (Å²) < 4.78 is 44.6. The molecule has 0 radical (unpaired) electrons. The number of aryl methyl sites for hydroxylation is 2. The van der Waals surface area contributed by atoms with Crippen LogP contribution in [0, 0.1) is 17.4 Å². The zero-order chi connectivity index (χ0) is 27.8. The van der Waals surface area contributed by atoms with Gasteiger partial charge < -0.3 is 10.6 Å². The van der Waals surface area contributed by atoms with Crippen LogP contribution in [-0.4, -0.2) is 36.7 Å². The first-order valence-corrected chi connectivity index (χ1v) is 12.9. The Balaban J connectivity index is 1.64. The summed E-state index contributed by atoms with van der Waals surface area (Å²) in [6, 6.07) is 7.64. The van der Waals surface area contributed by atoms with Gasteiger partial charge in [0.15, 0.2) is 0 Å². The summed E-state index contributed by atoms with van der Waals surface area (Å²) in [4.78, 5) is 13.1. The van der Waals surface area contributed by atoms with E-state index in [4.69, 9.17) is 0 Å². The first-order valence-electron chi connectivity index (χ1n) is 11.8. The lowest BCUT2D eigenvalue weighted by Gasteiger charge is -2.17. The average Bonchev–Trinajstić information content (AvgIpc) is 3.45. The molecule has 0 atom stereocenters. The number of benzene rings is 2. The van der Waals surface area contributed by atoms with Gasteiger partial charge >= 0.3 is 6.18 Å². The van der Waals surface area contributed by atoms with Gasteiger partial charge in [0, 0.05) is 45.7 Å². The van der Waals surface area contributed by atoms with E-state index in [-0.39, 0.29) is 27.4 Å². The van der Waals surface area contributed by atoms with Crippen LogP contribution in [0.1, 0.15) is 46.6 Å². The van der Waals surface area contributed by atoms with Gasteiger partial charge in [-0.1, -0.05) is 25.1 Å². The fourth-order valence-corrected chi connectivity index (χ4v) is 4.67. The highest BCUT2D eigenvalue weighted by Gasteiger charge is 2.34. The third-order valence-corrected chi connectivity index (χ3v) is 7.41. The largest absolute Gasteiger partial charge is 0.417 e. The molecule has 0 aliphatic carbocycles. The molecule has 38 heavy (non-hydrogen) atoms. The molecule has 12 heteroatoms. The maximum Gasteiger partial charge on any atom is 0.417 e. The van der Waals surface area contributed by atoms with Crippen LogP contribution in [0.2, 0.25) is 0 Å². The van der Waals surface area contributed by atoms with Crippen LogP contribution in [0.15, 0.2) is 42.7 Å². The normalized spacial score (nSPS) is 11.8. The summed E-state index contributed by atoms with van der Waals surface area (Å²) in [5.41, 5.74) is 3.88. The molecule has 4 rings (SSSR count). The first kappa shape index (κ1) is 27.8. The molecule has 0 bridgehead atoms. The van der Waals surface area contributed by atoms with Crippen LogP contribution in [0.25, 0.3) is 16.9 Å². The highest BCUT2D eigenvalue weighted by molar-refractivity contribution is 14.1. The number of anilines is 1. The smallest absolute Gasteiger partial charge is 0.322 e. The van der Waals surface area contributed by atoms with E-state index in [1.165, 1.54) is 0 Å². The molecular weight excluding hydrogens is 610 g/mol. The zero-order valence-electron chi connectivity index (χ0n) is 21.5. The Morgan fingerprint density at radius 1 is 1.16 bits per heavy atom. The second kappa shape index (κ2) is 10.8. The predicted octanol–water partition coefficient (Wildman–Crippen LogP) is 5.66. The average molecular weight is 637 g/mol. The second-order valence-electron chi connectivity index (χ2n) is 9.30. The van der Waals surface area contributed by atoms with Crippen molar-refractivity contribution >= 4 is 34.2 Å². The fourth-order valence-electron chi connectivity index (χ4n) is 3.86. The monoisotopic (exact) mass is 637 g/mol. The van der Waals surface area contributed by atoms with Crippen LogP contribution in [0.5, 0.6) is 0 Å². The number of hydrogen-bond acceptors (Lipinski definition) is 5. The summed E-state index contributed by atoms with van der Waals surface area (Å²) >= 11 is 1.71. The number of rotatable bonds is 7. The van der Waals surface area contributed by atoms with E-state index in [0.29, 0.717) is 16.9 Å². The highest BCUT2D eigenvalue weighted by Crippen LogP contribution is 2.36. The Bertz CT molecular complexity index is 1490. The number of nitrogens with zero attached hydrogens (tertiary/aromatic N) is 5. The van der Waals surface area contributed by atoms with E-state index in [9.17, 15) is 18.0 Å². The van der Waals surface area contributed by atoms with Crippen molar-refractivity contribution in [1.82, 2.24) is 30.1 Å². The van der Waals surface area contributed by atoms with E-state index in [0.717, 1.165) is 22.9 Å². The number of halogens is 4. The van der Waals surface area contributed by atoms with Crippen molar-refractivity contribution in [3.05, 3.63) is 74.2 Å². The number of alkyl halides is 3. The number of hydrogen-bond donors (Lipinski definition) is 2. The molecule has 0 aliphatic heterocycles. The van der Waals surface area contributed by atoms with Gasteiger partial charge in [0.05, 0.1) is 23.6 Å². The summed E-state index contributed by atoms with van der Waals surface area (Å²) in [5.74, 6) is -0.535. The molecule has 4 aromatic rings. The van der Waals surface area contributed by atoms with E-state index < -0.39 is 17.6 Å². The van der Waals surface area contributed by atoms with Gasteiger partial charge in [-0.25, -0.2) is 4.68 Å². The molecule has 1 amide bonds. The molecule has 2 aromatic heterocycles. The molecule has 0 saturated carbocycles. The minimum Gasteiger partial charge on any atom is -0.322 e. The number of amides is 1. The van der Waals surface area contributed by atoms with Crippen LogP contribution >= 0.6 is 22.6 Å². The maximum absolute atomic E-state index is 13.7. The van der Waals surface area contributed by atoms with Crippen molar-refractivity contribution in [3.63, 3.8) is 0 Å². The Morgan fingerprint density at radius 2 is 1.89 bits per heavy atom. The molecule has 0 fully saturated rings. The molecular formula is C26H27F3IN7O. The highest BCUT2D eigenvalue weighted by atomic mass is 127. The summed E-state index contributed by atoms with van der Waals surface area (Å²) in [6.07, 6.45) is -1.10. The number of aromatic nitrogens is 5. The third kappa shape index (κ3) is 5.90. The van der Waals surface area contributed by atoms with Gasteiger partial charge in [0.1, 0.15) is 5.69 Å². The van der Waals surface area contributed by atoms with E-state index in [2.05, 4.69) is 26.0 Å².